The zero-order valence-corrected chi connectivity index (χ0v) is 20.8. The van der Waals surface area contributed by atoms with Crippen molar-refractivity contribution in [1.29, 1.82) is 0 Å². The van der Waals surface area contributed by atoms with Gasteiger partial charge >= 0.3 is 5.97 Å². The predicted molar refractivity (Wildman–Crippen MR) is 132 cm³/mol. The number of carbonyl (C=O) groups is 1. The number of H-pyrrole nitrogens is 1. The molecule has 0 unspecified atom stereocenters. The second kappa shape index (κ2) is 9.52. The van der Waals surface area contributed by atoms with Crippen molar-refractivity contribution in [1.82, 2.24) is 14.9 Å². The van der Waals surface area contributed by atoms with Gasteiger partial charge < -0.3 is 10.1 Å². The van der Waals surface area contributed by atoms with Crippen LogP contribution in [-0.4, -0.2) is 59.0 Å². The third-order valence-electron chi connectivity index (χ3n) is 6.55. The number of aromatic amines is 1. The van der Waals surface area contributed by atoms with E-state index in [1.165, 1.54) is 24.3 Å². The average Bonchev–Trinajstić information content (AvgIpc) is 3.24. The fourth-order valence-corrected chi connectivity index (χ4v) is 5.96. The van der Waals surface area contributed by atoms with Gasteiger partial charge in [-0.3, -0.25) is 4.90 Å². The summed E-state index contributed by atoms with van der Waals surface area (Å²) in [5.41, 5.74) is -2.03. The van der Waals surface area contributed by atoms with Crippen molar-refractivity contribution in [3.8, 4) is 22.3 Å². The summed E-state index contributed by atoms with van der Waals surface area (Å²) in [4.78, 5) is 20.4. The third-order valence-corrected chi connectivity index (χ3v) is 8.16. The molecule has 0 atom stereocenters. The Kier molecular flexibility index (Phi) is 6.48. The van der Waals surface area contributed by atoms with Gasteiger partial charge in [0.05, 0.1) is 33.7 Å². The van der Waals surface area contributed by atoms with Gasteiger partial charge in [-0.2, -0.15) is 0 Å². The van der Waals surface area contributed by atoms with Gasteiger partial charge in [0.1, 0.15) is 11.3 Å². The van der Waals surface area contributed by atoms with Crippen molar-refractivity contribution >= 4 is 26.8 Å². The fraction of sp³-hybridized carbons (Fsp3) is 0.231. The number of aromatic nitrogens is 2. The number of carboxylic acids is 1. The molecule has 2 N–H and O–H groups in total. The first-order chi connectivity index (χ1) is 17.9. The molecule has 0 saturated carbocycles. The van der Waals surface area contributed by atoms with E-state index in [4.69, 9.17) is 0 Å². The SMILES string of the molecule is Cc1nc2c(C(=O)O)cc(-c3c(F)c(F)c(-c4cccc(CN5CCS(=O)(=O)CC5)c4)c(F)c3F)cc2[nH]1. The number of sulfone groups is 1. The molecule has 0 bridgehead atoms. The van der Waals surface area contributed by atoms with Crippen LogP contribution in [0.1, 0.15) is 21.7 Å². The van der Waals surface area contributed by atoms with Crippen LogP contribution < -0.4 is 0 Å². The van der Waals surface area contributed by atoms with Crippen LogP contribution >= 0.6 is 0 Å². The number of aryl methyl sites for hydroxylation is 1. The van der Waals surface area contributed by atoms with E-state index in [2.05, 4.69) is 9.97 Å². The van der Waals surface area contributed by atoms with Crippen LogP contribution in [0.5, 0.6) is 0 Å². The molecule has 0 amide bonds. The number of rotatable bonds is 5. The number of nitrogens with one attached hydrogen (secondary N) is 1. The number of aromatic carboxylic acids is 1. The molecule has 1 saturated heterocycles. The second-order valence-corrected chi connectivity index (χ2v) is 11.5. The molecular weight excluding hydrogens is 526 g/mol. The molecule has 198 valence electrons. The Bertz CT molecular complexity index is 1680. The number of carboxylic acid groups (broad SMARTS) is 1. The van der Waals surface area contributed by atoms with Crippen molar-refractivity contribution in [3.05, 3.63) is 76.6 Å². The van der Waals surface area contributed by atoms with Crippen LogP contribution in [0.2, 0.25) is 0 Å². The summed E-state index contributed by atoms with van der Waals surface area (Å²) in [6.07, 6.45) is 0. The molecule has 38 heavy (non-hydrogen) atoms. The van der Waals surface area contributed by atoms with E-state index >= 15 is 17.6 Å². The molecule has 0 aliphatic carbocycles. The largest absolute Gasteiger partial charge is 0.478 e. The highest BCUT2D eigenvalue weighted by Crippen LogP contribution is 2.38. The number of halogens is 4. The van der Waals surface area contributed by atoms with E-state index in [-0.39, 0.29) is 45.8 Å². The van der Waals surface area contributed by atoms with Crippen LogP contribution in [0.3, 0.4) is 0 Å². The lowest BCUT2D eigenvalue weighted by Gasteiger charge is -2.26. The minimum atomic E-state index is -3.09. The highest BCUT2D eigenvalue weighted by molar-refractivity contribution is 7.91. The number of hydrogen-bond donors (Lipinski definition) is 2. The van der Waals surface area contributed by atoms with Gasteiger partial charge in [0, 0.05) is 19.6 Å². The normalized spacial score (nSPS) is 15.7. The smallest absolute Gasteiger partial charge is 0.337 e. The molecule has 2 heterocycles. The predicted octanol–water partition coefficient (Wildman–Crippen LogP) is 4.69. The van der Waals surface area contributed by atoms with Crippen LogP contribution in [0, 0.1) is 30.2 Å². The molecule has 12 heteroatoms. The zero-order chi connectivity index (χ0) is 27.4. The van der Waals surface area contributed by atoms with Gasteiger partial charge in [-0.1, -0.05) is 18.2 Å². The number of fused-ring (bicyclic) bond motifs is 1. The molecule has 4 aromatic rings. The van der Waals surface area contributed by atoms with E-state index in [1.807, 2.05) is 4.90 Å². The summed E-state index contributed by atoms with van der Waals surface area (Å²) in [6, 6.07) is 7.96. The minimum absolute atomic E-state index is 0.00132. The summed E-state index contributed by atoms with van der Waals surface area (Å²) in [5, 5.41) is 9.55. The second-order valence-electron chi connectivity index (χ2n) is 9.18. The minimum Gasteiger partial charge on any atom is -0.478 e. The van der Waals surface area contributed by atoms with E-state index in [0.29, 0.717) is 24.5 Å². The van der Waals surface area contributed by atoms with Crippen LogP contribution in [0.25, 0.3) is 33.3 Å². The van der Waals surface area contributed by atoms with Crippen LogP contribution in [0.4, 0.5) is 17.6 Å². The molecular formula is C26H21F4N3O4S. The third kappa shape index (κ3) is 4.65. The fourth-order valence-electron chi connectivity index (χ4n) is 4.68. The van der Waals surface area contributed by atoms with Crippen molar-refractivity contribution in [3.63, 3.8) is 0 Å². The highest BCUT2D eigenvalue weighted by atomic mass is 32.2. The molecule has 0 spiro atoms. The Labute approximate surface area is 214 Å². The summed E-state index contributed by atoms with van der Waals surface area (Å²) in [5.74, 6) is -7.67. The lowest BCUT2D eigenvalue weighted by molar-refractivity contribution is 0.0699. The van der Waals surface area contributed by atoms with Gasteiger partial charge in [-0.25, -0.2) is 35.8 Å². The van der Waals surface area contributed by atoms with Crippen molar-refractivity contribution in [2.45, 2.75) is 13.5 Å². The van der Waals surface area contributed by atoms with Gasteiger partial charge in [0.2, 0.25) is 0 Å². The molecule has 7 nitrogen and oxygen atoms in total. The lowest BCUT2D eigenvalue weighted by atomic mass is 9.95. The standard InChI is InChI=1S/C26H21F4N3O4S/c1-13-31-18-11-16(10-17(26(34)35)25(18)32-13)20-23(29)21(27)19(22(28)24(20)30)15-4-2-3-14(9-15)12-33-5-7-38(36,37)8-6-33/h2-4,9-11H,5-8,12H2,1H3,(H,31,32)(H,34,35). The maximum Gasteiger partial charge on any atom is 0.337 e. The molecule has 1 aromatic heterocycles. The molecule has 1 aliphatic heterocycles. The molecule has 3 aromatic carbocycles. The quantitative estimate of drug-likeness (QED) is 0.278. The van der Waals surface area contributed by atoms with Crippen molar-refractivity contribution in [2.75, 3.05) is 24.6 Å². The van der Waals surface area contributed by atoms with E-state index < -0.39 is 50.2 Å². The van der Waals surface area contributed by atoms with Gasteiger partial charge in [-0.05, 0) is 41.8 Å². The Balaban J connectivity index is 1.57. The summed E-state index contributed by atoms with van der Waals surface area (Å²) >= 11 is 0. The molecule has 0 radical (unpaired) electrons. The van der Waals surface area contributed by atoms with Crippen LogP contribution in [-0.2, 0) is 16.4 Å². The van der Waals surface area contributed by atoms with E-state index in [9.17, 15) is 18.3 Å². The maximum absolute atomic E-state index is 15.3. The van der Waals surface area contributed by atoms with Crippen LogP contribution in [0.15, 0.2) is 36.4 Å². The summed E-state index contributed by atoms with van der Waals surface area (Å²) in [6.45, 7) is 2.44. The Morgan fingerprint density at radius 1 is 0.974 bits per heavy atom. The maximum atomic E-state index is 15.3. The topological polar surface area (TPSA) is 103 Å². The van der Waals surface area contributed by atoms with E-state index in [1.54, 1.807) is 13.0 Å². The Morgan fingerprint density at radius 3 is 2.18 bits per heavy atom. The number of benzene rings is 3. The van der Waals surface area contributed by atoms with Gasteiger partial charge in [0.25, 0.3) is 0 Å². The zero-order valence-electron chi connectivity index (χ0n) is 20.0. The highest BCUT2D eigenvalue weighted by Gasteiger charge is 2.29. The first kappa shape index (κ1) is 25.9. The molecule has 5 rings (SSSR count). The monoisotopic (exact) mass is 547 g/mol. The van der Waals surface area contributed by atoms with Crippen molar-refractivity contribution < 1.29 is 35.9 Å². The first-order valence-electron chi connectivity index (χ1n) is 11.6. The molecule has 1 aliphatic rings. The number of imidazole rings is 1. The lowest BCUT2D eigenvalue weighted by Crippen LogP contribution is -2.39. The summed E-state index contributed by atoms with van der Waals surface area (Å²) in [7, 11) is -3.09. The Morgan fingerprint density at radius 2 is 1.58 bits per heavy atom. The van der Waals surface area contributed by atoms with Gasteiger partial charge in [-0.15, -0.1) is 0 Å². The van der Waals surface area contributed by atoms with Gasteiger partial charge in [0.15, 0.2) is 33.1 Å². The summed E-state index contributed by atoms with van der Waals surface area (Å²) < 4.78 is 84.7. The van der Waals surface area contributed by atoms with Crippen molar-refractivity contribution in [2.24, 2.45) is 0 Å². The molecule has 1 fully saturated rings. The number of nitrogens with zero attached hydrogens (tertiary/aromatic N) is 2. The number of hydrogen-bond acceptors (Lipinski definition) is 5. The van der Waals surface area contributed by atoms with E-state index in [0.717, 1.165) is 6.07 Å². The average molecular weight is 548 g/mol. The first-order valence-corrected chi connectivity index (χ1v) is 13.4. The Hall–Kier alpha value is -3.77.